The van der Waals surface area contributed by atoms with Crippen molar-refractivity contribution < 1.29 is 0 Å². The molecule has 1 atom stereocenters. The van der Waals surface area contributed by atoms with Crippen LogP contribution in [0.4, 0.5) is 11.8 Å². The van der Waals surface area contributed by atoms with Gasteiger partial charge in [0.05, 0.1) is 40.0 Å². The molecule has 0 radical (unpaired) electrons. The minimum Gasteiger partial charge on any atom is -0.368 e. The van der Waals surface area contributed by atoms with Gasteiger partial charge >= 0.3 is 0 Å². The summed E-state index contributed by atoms with van der Waals surface area (Å²) in [5.74, 6) is 0.787. The topological polar surface area (TPSA) is 128 Å². The molecule has 0 fully saturated rings. The lowest BCUT2D eigenvalue weighted by Crippen LogP contribution is -2.13. The van der Waals surface area contributed by atoms with Crippen LogP contribution in [0.5, 0.6) is 0 Å². The van der Waals surface area contributed by atoms with Gasteiger partial charge in [-0.05, 0) is 25.1 Å². The summed E-state index contributed by atoms with van der Waals surface area (Å²) in [6.07, 6.45) is 5.47. The number of nitrogens with one attached hydrogen (secondary N) is 2. The van der Waals surface area contributed by atoms with E-state index in [9.17, 15) is 0 Å². The fourth-order valence-corrected chi connectivity index (χ4v) is 3.61. The molecule has 10 nitrogen and oxygen atoms in total. The lowest BCUT2D eigenvalue weighted by Gasteiger charge is -2.19. The van der Waals surface area contributed by atoms with Crippen molar-refractivity contribution in [1.82, 2.24) is 39.5 Å². The average molecular weight is 388 g/mol. The largest absolute Gasteiger partial charge is 0.368 e. The monoisotopic (exact) mass is 388 g/mol. The van der Waals surface area contributed by atoms with Crippen molar-refractivity contribution in [2.75, 3.05) is 11.1 Å². The van der Waals surface area contributed by atoms with E-state index in [2.05, 4.69) is 41.2 Å². The number of nitrogens with zero attached hydrogens (tertiary/aromatic N) is 7. The van der Waals surface area contributed by atoms with Crippen LogP contribution in [0.2, 0.25) is 0 Å². The number of hydrogen-bond donors (Lipinski definition) is 3. The highest BCUT2D eigenvalue weighted by molar-refractivity contribution is 5.87. The molecule has 0 saturated heterocycles. The van der Waals surface area contributed by atoms with Crippen LogP contribution in [0, 0.1) is 0 Å². The first-order valence-corrected chi connectivity index (χ1v) is 9.18. The molecule has 0 aliphatic rings. The Labute approximate surface area is 165 Å². The van der Waals surface area contributed by atoms with Crippen molar-refractivity contribution in [1.29, 1.82) is 0 Å². The number of H-pyrrole nitrogens is 1. The average Bonchev–Trinajstić information content (AvgIpc) is 3.41. The van der Waals surface area contributed by atoms with Crippen LogP contribution in [0.3, 0.4) is 0 Å². The van der Waals surface area contributed by atoms with Crippen molar-refractivity contribution in [3.63, 3.8) is 0 Å². The summed E-state index contributed by atoms with van der Waals surface area (Å²) < 4.78 is 3.91. The summed E-state index contributed by atoms with van der Waals surface area (Å²) in [4.78, 5) is 13.5. The van der Waals surface area contributed by atoms with Crippen molar-refractivity contribution in [3.8, 4) is 11.3 Å². The molecular formula is C19H20N10. The van der Waals surface area contributed by atoms with Crippen LogP contribution in [0.1, 0.15) is 18.7 Å². The minimum absolute atomic E-state index is 0.156. The zero-order valence-corrected chi connectivity index (χ0v) is 16.2. The fourth-order valence-electron chi connectivity index (χ4n) is 3.61. The molecule has 5 aromatic heterocycles. The van der Waals surface area contributed by atoms with Gasteiger partial charge in [0, 0.05) is 32.1 Å². The zero-order valence-electron chi connectivity index (χ0n) is 16.2. The van der Waals surface area contributed by atoms with E-state index in [1.807, 2.05) is 44.0 Å². The molecule has 146 valence electrons. The zero-order chi connectivity index (χ0) is 20.1. The first-order chi connectivity index (χ1) is 14.0. The second-order valence-electron chi connectivity index (χ2n) is 7.02. The Balaban J connectivity index is 1.65. The van der Waals surface area contributed by atoms with E-state index in [1.165, 1.54) is 0 Å². The lowest BCUT2D eigenvalue weighted by atomic mass is 10.0. The third-order valence-corrected chi connectivity index (χ3v) is 5.08. The number of hydrogen-bond acceptors (Lipinski definition) is 7. The van der Waals surface area contributed by atoms with Crippen molar-refractivity contribution >= 4 is 33.8 Å². The molecular weight excluding hydrogens is 368 g/mol. The molecule has 29 heavy (non-hydrogen) atoms. The number of fused-ring (bicyclic) bond motifs is 2. The van der Waals surface area contributed by atoms with Gasteiger partial charge in [0.25, 0.3) is 0 Å². The number of nitrogens with two attached hydrogens (primary N) is 1. The summed E-state index contributed by atoms with van der Waals surface area (Å²) in [6, 6.07) is 5.99. The maximum Gasteiger partial charge on any atom is 0.224 e. The van der Waals surface area contributed by atoms with Gasteiger partial charge in [-0.25, -0.2) is 4.98 Å². The highest BCUT2D eigenvalue weighted by atomic mass is 15.3. The number of aryl methyl sites for hydroxylation is 2. The Bertz CT molecular complexity index is 1340. The molecule has 0 amide bonds. The molecule has 5 rings (SSSR count). The molecule has 0 bridgehead atoms. The predicted molar refractivity (Wildman–Crippen MR) is 111 cm³/mol. The predicted octanol–water partition coefficient (Wildman–Crippen LogP) is 2.40. The number of pyridine rings is 1. The van der Waals surface area contributed by atoms with Crippen molar-refractivity contribution in [2.24, 2.45) is 14.1 Å². The second kappa shape index (κ2) is 6.30. The SMILES string of the molecule is C[C@H](Nc1nc(N)nc2[nH]ncc12)c1nc2ccn(C)c2cc1-c1ccnn1C. The number of anilines is 2. The van der Waals surface area contributed by atoms with E-state index >= 15 is 0 Å². The van der Waals surface area contributed by atoms with Crippen LogP contribution in [-0.4, -0.2) is 39.5 Å². The van der Waals surface area contributed by atoms with Gasteiger partial charge in [0.2, 0.25) is 5.95 Å². The molecule has 0 aromatic carbocycles. The van der Waals surface area contributed by atoms with Crippen LogP contribution in [0.15, 0.2) is 36.8 Å². The molecule has 0 aliphatic heterocycles. The van der Waals surface area contributed by atoms with Gasteiger partial charge in [-0.1, -0.05) is 0 Å². The van der Waals surface area contributed by atoms with Gasteiger partial charge in [0.1, 0.15) is 5.82 Å². The van der Waals surface area contributed by atoms with Crippen molar-refractivity contribution in [3.05, 3.63) is 42.5 Å². The summed E-state index contributed by atoms with van der Waals surface area (Å²) in [7, 11) is 3.93. The van der Waals surface area contributed by atoms with E-state index in [-0.39, 0.29) is 12.0 Å². The van der Waals surface area contributed by atoms with Crippen molar-refractivity contribution in [2.45, 2.75) is 13.0 Å². The van der Waals surface area contributed by atoms with E-state index in [4.69, 9.17) is 10.7 Å². The van der Waals surface area contributed by atoms with Gasteiger partial charge in [-0.15, -0.1) is 0 Å². The Kier molecular flexibility index (Phi) is 3.73. The number of aromatic nitrogens is 8. The normalized spacial score (nSPS) is 12.7. The first kappa shape index (κ1) is 17.2. The lowest BCUT2D eigenvalue weighted by molar-refractivity contribution is 0.769. The van der Waals surface area contributed by atoms with E-state index < -0.39 is 0 Å². The van der Waals surface area contributed by atoms with Crippen LogP contribution in [-0.2, 0) is 14.1 Å². The molecule has 0 unspecified atom stereocenters. The third-order valence-electron chi connectivity index (χ3n) is 5.08. The first-order valence-electron chi connectivity index (χ1n) is 9.18. The Morgan fingerprint density at radius 1 is 1.17 bits per heavy atom. The molecule has 5 heterocycles. The smallest absolute Gasteiger partial charge is 0.224 e. The van der Waals surface area contributed by atoms with E-state index in [1.54, 1.807) is 12.4 Å². The second-order valence-corrected chi connectivity index (χ2v) is 7.02. The third kappa shape index (κ3) is 2.76. The maximum absolute atomic E-state index is 5.86. The summed E-state index contributed by atoms with van der Waals surface area (Å²) in [5.41, 5.74) is 11.3. The summed E-state index contributed by atoms with van der Waals surface area (Å²) in [5, 5.41) is 15.4. The fraction of sp³-hybridized carbons (Fsp3) is 0.211. The quantitative estimate of drug-likeness (QED) is 0.431. The van der Waals surface area contributed by atoms with Crippen LogP contribution in [0.25, 0.3) is 33.3 Å². The minimum atomic E-state index is -0.156. The highest BCUT2D eigenvalue weighted by Crippen LogP contribution is 2.32. The maximum atomic E-state index is 5.86. The number of rotatable bonds is 4. The highest BCUT2D eigenvalue weighted by Gasteiger charge is 2.20. The molecule has 0 saturated carbocycles. The van der Waals surface area contributed by atoms with Gasteiger partial charge in [0.15, 0.2) is 5.65 Å². The molecule has 0 aliphatic carbocycles. The van der Waals surface area contributed by atoms with Gasteiger partial charge in [-0.3, -0.25) is 9.78 Å². The Morgan fingerprint density at radius 3 is 2.83 bits per heavy atom. The van der Waals surface area contributed by atoms with E-state index in [0.717, 1.165) is 33.4 Å². The van der Waals surface area contributed by atoms with Crippen LogP contribution < -0.4 is 11.1 Å². The molecule has 10 heteroatoms. The standard InChI is InChI=1S/C19H20N10/c1-10(23-17-12-9-21-27-18(12)26-19(20)25-17)16-11(14-4-6-22-29(14)3)8-15-13(24-16)5-7-28(15)2/h4-10H,1-3H3,(H4,20,21,23,25,26,27)/t10-/m0/s1. The molecule has 5 aromatic rings. The van der Waals surface area contributed by atoms with Crippen LogP contribution >= 0.6 is 0 Å². The molecule has 0 spiro atoms. The number of nitrogen functional groups attached to an aromatic ring is 1. The Hall–Kier alpha value is -3.95. The van der Waals surface area contributed by atoms with E-state index in [0.29, 0.717) is 11.5 Å². The Morgan fingerprint density at radius 2 is 2.03 bits per heavy atom. The number of aromatic amines is 1. The summed E-state index contributed by atoms with van der Waals surface area (Å²) >= 11 is 0. The van der Waals surface area contributed by atoms with Gasteiger partial charge in [-0.2, -0.15) is 20.2 Å². The van der Waals surface area contributed by atoms with Gasteiger partial charge < -0.3 is 15.6 Å². The molecule has 4 N–H and O–H groups in total. The summed E-state index contributed by atoms with van der Waals surface area (Å²) in [6.45, 7) is 2.04.